The number of halogens is 2. The summed E-state index contributed by atoms with van der Waals surface area (Å²) in [6, 6.07) is 3.96. The molecule has 4 heteroatoms. The lowest BCUT2D eigenvalue weighted by molar-refractivity contribution is -0.112. The van der Waals surface area contributed by atoms with Gasteiger partial charge in [-0.3, -0.25) is 9.59 Å². The maximum absolute atomic E-state index is 12.9. The average Bonchev–Trinajstić information content (AvgIpc) is 2.18. The highest BCUT2D eigenvalue weighted by atomic mass is 127. The van der Waals surface area contributed by atoms with E-state index in [9.17, 15) is 14.0 Å². The average molecular weight is 318 g/mol. The lowest BCUT2D eigenvalue weighted by Crippen LogP contribution is -1.99. The molecule has 0 aliphatic rings. The number of rotatable bonds is 3. The Hall–Kier alpha value is -1.04. The second kappa shape index (κ2) is 5.16. The molecule has 2 nitrogen and oxygen atoms in total. The van der Waals surface area contributed by atoms with Crippen molar-refractivity contribution in [1.29, 1.82) is 0 Å². The van der Waals surface area contributed by atoms with Gasteiger partial charge in [0.1, 0.15) is 5.82 Å². The maximum atomic E-state index is 12.9. The molecule has 0 saturated carbocycles. The summed E-state index contributed by atoms with van der Waals surface area (Å²) in [6.07, 6.45) is 2.32. The van der Waals surface area contributed by atoms with E-state index in [1.165, 1.54) is 25.1 Å². The van der Waals surface area contributed by atoms with E-state index in [2.05, 4.69) is 0 Å². The van der Waals surface area contributed by atoms with Gasteiger partial charge >= 0.3 is 0 Å². The fourth-order valence-electron chi connectivity index (χ4n) is 0.969. The monoisotopic (exact) mass is 318 g/mol. The highest BCUT2D eigenvalue weighted by Gasteiger charge is 2.08. The third-order valence-electron chi connectivity index (χ3n) is 1.66. The number of carbonyl (C=O) groups excluding carboxylic acids is 2. The number of ketones is 2. The zero-order chi connectivity index (χ0) is 11.4. The number of hydrogen-bond acceptors (Lipinski definition) is 2. The Morgan fingerprint density at radius 3 is 2.60 bits per heavy atom. The third kappa shape index (κ3) is 3.54. The van der Waals surface area contributed by atoms with Gasteiger partial charge < -0.3 is 0 Å². The van der Waals surface area contributed by atoms with Crippen LogP contribution in [0.2, 0.25) is 0 Å². The normalized spacial score (nSPS) is 10.6. The maximum Gasteiger partial charge on any atom is 0.187 e. The molecule has 0 aliphatic heterocycles. The lowest BCUT2D eigenvalue weighted by atomic mass is 10.1. The van der Waals surface area contributed by atoms with Crippen molar-refractivity contribution in [2.45, 2.75) is 6.92 Å². The molecule has 15 heavy (non-hydrogen) atoms. The molecule has 0 saturated heterocycles. The van der Waals surface area contributed by atoms with Crippen molar-refractivity contribution < 1.29 is 14.0 Å². The van der Waals surface area contributed by atoms with E-state index in [-0.39, 0.29) is 17.1 Å². The first kappa shape index (κ1) is 12.0. The number of allylic oxidation sites excluding steroid dienone is 2. The van der Waals surface area contributed by atoms with Crippen LogP contribution in [0.15, 0.2) is 30.4 Å². The predicted molar refractivity (Wildman–Crippen MR) is 63.3 cm³/mol. The van der Waals surface area contributed by atoms with Crippen molar-refractivity contribution >= 4 is 34.2 Å². The van der Waals surface area contributed by atoms with Crippen LogP contribution in [0, 0.1) is 9.39 Å². The standard InChI is InChI=1S/C11H8FIO2/c1-7(14)2-5-11(15)9-6-8(12)3-4-10(9)13/h2-6H,1H3/b5-2+. The summed E-state index contributed by atoms with van der Waals surface area (Å²) in [4.78, 5) is 22.1. The van der Waals surface area contributed by atoms with Gasteiger partial charge in [0.05, 0.1) is 0 Å². The van der Waals surface area contributed by atoms with Crippen molar-refractivity contribution in [2.75, 3.05) is 0 Å². The van der Waals surface area contributed by atoms with Gasteiger partial charge in [0, 0.05) is 9.13 Å². The molecule has 1 aromatic carbocycles. The number of hydrogen-bond donors (Lipinski definition) is 0. The molecule has 0 heterocycles. The first-order valence-electron chi connectivity index (χ1n) is 4.18. The summed E-state index contributed by atoms with van der Waals surface area (Å²) in [5, 5.41) is 0. The van der Waals surface area contributed by atoms with Crippen molar-refractivity contribution in [3.63, 3.8) is 0 Å². The molecule has 0 fully saturated rings. The minimum Gasteiger partial charge on any atom is -0.295 e. The Labute approximate surface area is 100 Å². The third-order valence-corrected chi connectivity index (χ3v) is 2.60. The second-order valence-corrected chi connectivity index (χ2v) is 4.09. The minimum atomic E-state index is -0.463. The van der Waals surface area contributed by atoms with Crippen LogP contribution in [0.25, 0.3) is 0 Å². The molecule has 0 N–H and O–H groups in total. The van der Waals surface area contributed by atoms with Gasteiger partial charge in [-0.25, -0.2) is 4.39 Å². The fourth-order valence-corrected chi connectivity index (χ4v) is 1.57. The largest absolute Gasteiger partial charge is 0.295 e. The Balaban J connectivity index is 3.01. The van der Waals surface area contributed by atoms with Crippen molar-refractivity contribution in [1.82, 2.24) is 0 Å². The minimum absolute atomic E-state index is 0.213. The fraction of sp³-hybridized carbons (Fsp3) is 0.0909. The molecule has 1 rings (SSSR count). The first-order chi connectivity index (χ1) is 7.00. The Kier molecular flexibility index (Phi) is 4.14. The molecule has 0 radical (unpaired) electrons. The molecule has 0 spiro atoms. The molecule has 0 bridgehead atoms. The van der Waals surface area contributed by atoms with Gasteiger partial charge in [0.15, 0.2) is 11.6 Å². The molecule has 0 amide bonds. The SMILES string of the molecule is CC(=O)/C=C/C(=O)c1cc(F)ccc1I. The van der Waals surface area contributed by atoms with E-state index in [0.717, 1.165) is 12.1 Å². The van der Waals surface area contributed by atoms with Gasteiger partial charge in [0.25, 0.3) is 0 Å². The molecular weight excluding hydrogens is 310 g/mol. The Bertz CT molecular complexity index is 438. The summed E-state index contributed by atoms with van der Waals surface area (Å²) in [5.74, 6) is -1.04. The smallest absolute Gasteiger partial charge is 0.187 e. The van der Waals surface area contributed by atoms with Crippen LogP contribution in [0.5, 0.6) is 0 Å². The summed E-state index contributed by atoms with van der Waals surface area (Å²) < 4.78 is 13.5. The van der Waals surface area contributed by atoms with Crippen molar-refractivity contribution in [2.24, 2.45) is 0 Å². The van der Waals surface area contributed by atoms with E-state index in [1.807, 2.05) is 22.6 Å². The van der Waals surface area contributed by atoms with Gasteiger partial charge in [-0.05, 0) is 59.9 Å². The van der Waals surface area contributed by atoms with E-state index >= 15 is 0 Å². The summed E-state index contributed by atoms with van der Waals surface area (Å²) in [5.41, 5.74) is 0.271. The van der Waals surface area contributed by atoms with Crippen LogP contribution < -0.4 is 0 Å². The first-order valence-corrected chi connectivity index (χ1v) is 5.26. The van der Waals surface area contributed by atoms with Gasteiger partial charge in [-0.2, -0.15) is 0 Å². The van der Waals surface area contributed by atoms with Crippen molar-refractivity contribution in [3.05, 3.63) is 45.3 Å². The molecule has 1 aromatic rings. The van der Waals surface area contributed by atoms with E-state index in [4.69, 9.17) is 0 Å². The molecule has 0 unspecified atom stereocenters. The highest BCUT2D eigenvalue weighted by molar-refractivity contribution is 14.1. The predicted octanol–water partition coefficient (Wildman–Crippen LogP) is 2.76. The number of benzene rings is 1. The quantitative estimate of drug-likeness (QED) is 0.488. The van der Waals surface area contributed by atoms with Crippen molar-refractivity contribution in [3.8, 4) is 0 Å². The van der Waals surface area contributed by atoms with Crippen LogP contribution in [0.1, 0.15) is 17.3 Å². The summed E-state index contributed by atoms with van der Waals surface area (Å²) in [7, 11) is 0. The van der Waals surface area contributed by atoms with E-state index in [0.29, 0.717) is 3.57 Å². The lowest BCUT2D eigenvalue weighted by Gasteiger charge is -1.99. The summed E-state index contributed by atoms with van der Waals surface area (Å²) >= 11 is 1.94. The zero-order valence-electron chi connectivity index (χ0n) is 7.96. The molecule has 0 aliphatic carbocycles. The van der Waals surface area contributed by atoms with Crippen LogP contribution in [-0.4, -0.2) is 11.6 Å². The zero-order valence-corrected chi connectivity index (χ0v) is 10.1. The number of carbonyl (C=O) groups is 2. The van der Waals surface area contributed by atoms with Gasteiger partial charge in [-0.15, -0.1) is 0 Å². The summed E-state index contributed by atoms with van der Waals surface area (Å²) in [6.45, 7) is 1.35. The Morgan fingerprint density at radius 1 is 1.33 bits per heavy atom. The van der Waals surface area contributed by atoms with Gasteiger partial charge in [-0.1, -0.05) is 0 Å². The molecule has 0 atom stereocenters. The molecule has 0 aromatic heterocycles. The van der Waals surface area contributed by atoms with Crippen LogP contribution in [0.3, 0.4) is 0 Å². The molecule has 78 valence electrons. The van der Waals surface area contributed by atoms with Crippen LogP contribution in [-0.2, 0) is 4.79 Å². The van der Waals surface area contributed by atoms with Crippen LogP contribution in [0.4, 0.5) is 4.39 Å². The highest BCUT2D eigenvalue weighted by Crippen LogP contribution is 2.14. The van der Waals surface area contributed by atoms with Gasteiger partial charge in [0.2, 0.25) is 0 Å². The van der Waals surface area contributed by atoms with E-state index in [1.54, 1.807) is 0 Å². The van der Waals surface area contributed by atoms with E-state index < -0.39 is 5.82 Å². The topological polar surface area (TPSA) is 34.1 Å². The molecular formula is C11H8FIO2. The van der Waals surface area contributed by atoms with Crippen LogP contribution >= 0.6 is 22.6 Å². The second-order valence-electron chi connectivity index (χ2n) is 2.93. The Morgan fingerprint density at radius 2 is 2.00 bits per heavy atom.